The van der Waals surface area contributed by atoms with Gasteiger partial charge in [0.25, 0.3) is 0 Å². The van der Waals surface area contributed by atoms with Crippen LogP contribution in [0, 0.1) is 0 Å². The lowest BCUT2D eigenvalue weighted by molar-refractivity contribution is 0.282. The zero-order valence-electron chi connectivity index (χ0n) is 12.0. The molecule has 0 aliphatic rings. The summed E-state index contributed by atoms with van der Waals surface area (Å²) in [7, 11) is 0. The molecule has 2 aromatic rings. The van der Waals surface area contributed by atoms with Gasteiger partial charge in [-0.05, 0) is 38.5 Å². The van der Waals surface area contributed by atoms with Crippen LogP contribution in [0.2, 0.25) is 5.02 Å². The number of nitrogens with one attached hydrogen (secondary N) is 1. The largest absolute Gasteiger partial charge is 0.392 e. The first kappa shape index (κ1) is 14.9. The highest BCUT2D eigenvalue weighted by molar-refractivity contribution is 6.33. The van der Waals surface area contributed by atoms with E-state index in [1.54, 1.807) is 6.07 Å². The molecule has 1 aromatic heterocycles. The summed E-state index contributed by atoms with van der Waals surface area (Å²) >= 11 is 6.13. The maximum absolute atomic E-state index is 9.15. The number of hydrogen-bond acceptors (Lipinski definition) is 3. The Hall–Kier alpha value is -1.52. The number of nitrogens with zero attached hydrogens (tertiary/aromatic N) is 2. The SMILES string of the molecule is CC(C)(C)n1cc(CNc2cc(CO)ccc2Cl)cn1. The van der Waals surface area contributed by atoms with Crippen LogP contribution in [-0.2, 0) is 18.7 Å². The van der Waals surface area contributed by atoms with Gasteiger partial charge in [0.05, 0.1) is 29.1 Å². The van der Waals surface area contributed by atoms with Crippen LogP contribution in [0.5, 0.6) is 0 Å². The molecule has 1 heterocycles. The third-order valence-corrected chi connectivity index (χ3v) is 3.35. The van der Waals surface area contributed by atoms with Crippen LogP contribution in [0.1, 0.15) is 31.9 Å². The molecule has 1 aromatic carbocycles. The monoisotopic (exact) mass is 293 g/mol. The van der Waals surface area contributed by atoms with Gasteiger partial charge in [-0.15, -0.1) is 0 Å². The lowest BCUT2D eigenvalue weighted by atomic mass is 10.1. The molecule has 0 atom stereocenters. The first-order valence-electron chi connectivity index (χ1n) is 6.57. The topological polar surface area (TPSA) is 50.1 Å². The lowest BCUT2D eigenvalue weighted by Crippen LogP contribution is -2.21. The fourth-order valence-electron chi connectivity index (χ4n) is 1.82. The molecule has 0 amide bonds. The van der Waals surface area contributed by atoms with E-state index >= 15 is 0 Å². The molecule has 0 aliphatic carbocycles. The zero-order valence-corrected chi connectivity index (χ0v) is 12.8. The van der Waals surface area contributed by atoms with Crippen LogP contribution >= 0.6 is 11.6 Å². The van der Waals surface area contributed by atoms with Gasteiger partial charge < -0.3 is 10.4 Å². The summed E-state index contributed by atoms with van der Waals surface area (Å²) in [5, 5.41) is 17.4. The maximum Gasteiger partial charge on any atom is 0.0682 e. The Morgan fingerprint density at radius 2 is 2.05 bits per heavy atom. The number of anilines is 1. The summed E-state index contributed by atoms with van der Waals surface area (Å²) < 4.78 is 1.94. The quantitative estimate of drug-likeness (QED) is 0.908. The Morgan fingerprint density at radius 3 is 2.65 bits per heavy atom. The molecule has 0 spiro atoms. The van der Waals surface area contributed by atoms with Crippen molar-refractivity contribution in [3.8, 4) is 0 Å². The van der Waals surface area contributed by atoms with Gasteiger partial charge in [0.15, 0.2) is 0 Å². The second kappa shape index (κ2) is 5.85. The van der Waals surface area contributed by atoms with Crippen LogP contribution in [0.3, 0.4) is 0 Å². The predicted octanol–water partition coefficient (Wildman–Crippen LogP) is 3.40. The minimum absolute atomic E-state index is 0.00774. The zero-order chi connectivity index (χ0) is 14.8. The van der Waals surface area contributed by atoms with Gasteiger partial charge in [-0.1, -0.05) is 17.7 Å². The van der Waals surface area contributed by atoms with E-state index < -0.39 is 0 Å². The van der Waals surface area contributed by atoms with Crippen molar-refractivity contribution in [1.29, 1.82) is 0 Å². The van der Waals surface area contributed by atoms with Crippen molar-refractivity contribution in [2.75, 3.05) is 5.32 Å². The predicted molar refractivity (Wildman–Crippen MR) is 81.9 cm³/mol. The molecule has 0 unspecified atom stereocenters. The molecule has 4 nitrogen and oxygen atoms in total. The van der Waals surface area contributed by atoms with E-state index in [0.717, 1.165) is 16.8 Å². The summed E-state index contributed by atoms with van der Waals surface area (Å²) in [6.45, 7) is 6.98. The average molecular weight is 294 g/mol. The highest BCUT2D eigenvalue weighted by Crippen LogP contribution is 2.24. The van der Waals surface area contributed by atoms with E-state index in [1.807, 2.05) is 29.2 Å². The van der Waals surface area contributed by atoms with E-state index in [4.69, 9.17) is 16.7 Å². The molecule has 0 bridgehead atoms. The first-order valence-corrected chi connectivity index (χ1v) is 6.95. The molecule has 5 heteroatoms. The van der Waals surface area contributed by atoms with E-state index in [-0.39, 0.29) is 12.1 Å². The molecule has 0 saturated carbocycles. The molecule has 20 heavy (non-hydrogen) atoms. The maximum atomic E-state index is 9.15. The van der Waals surface area contributed by atoms with Crippen molar-refractivity contribution in [3.05, 3.63) is 46.7 Å². The fourth-order valence-corrected chi connectivity index (χ4v) is 2.01. The molecular formula is C15H20ClN3O. The summed E-state index contributed by atoms with van der Waals surface area (Å²) in [4.78, 5) is 0. The standard InChI is InChI=1S/C15H20ClN3O/c1-15(2,3)19-9-12(8-18-19)7-17-14-6-11(10-20)4-5-13(14)16/h4-6,8-9,17,20H,7,10H2,1-3H3. The van der Waals surface area contributed by atoms with Crippen LogP contribution in [0.15, 0.2) is 30.6 Å². The highest BCUT2D eigenvalue weighted by atomic mass is 35.5. The Balaban J connectivity index is 2.07. The minimum atomic E-state index is -0.0211. The van der Waals surface area contributed by atoms with Crippen LogP contribution < -0.4 is 5.32 Å². The highest BCUT2D eigenvalue weighted by Gasteiger charge is 2.13. The van der Waals surface area contributed by atoms with Crippen LogP contribution in [0.4, 0.5) is 5.69 Å². The number of halogens is 1. The first-order chi connectivity index (χ1) is 9.40. The van der Waals surface area contributed by atoms with Crippen LogP contribution in [0.25, 0.3) is 0 Å². The number of rotatable bonds is 4. The van der Waals surface area contributed by atoms with Gasteiger partial charge in [-0.25, -0.2) is 0 Å². The molecule has 108 valence electrons. The van der Waals surface area contributed by atoms with Gasteiger partial charge in [0.2, 0.25) is 0 Å². The Bertz CT molecular complexity index is 587. The van der Waals surface area contributed by atoms with Crippen molar-refractivity contribution >= 4 is 17.3 Å². The third-order valence-electron chi connectivity index (χ3n) is 3.02. The van der Waals surface area contributed by atoms with Gasteiger partial charge in [-0.2, -0.15) is 5.10 Å². The van der Waals surface area contributed by atoms with Gasteiger partial charge in [-0.3, -0.25) is 4.68 Å². The summed E-state index contributed by atoms with van der Waals surface area (Å²) in [6, 6.07) is 5.45. The fraction of sp³-hybridized carbons (Fsp3) is 0.400. The average Bonchev–Trinajstić information content (AvgIpc) is 2.86. The number of aliphatic hydroxyl groups excluding tert-OH is 1. The minimum Gasteiger partial charge on any atom is -0.392 e. The van der Waals surface area contributed by atoms with Crippen molar-refractivity contribution in [3.63, 3.8) is 0 Å². The van der Waals surface area contributed by atoms with Crippen LogP contribution in [-0.4, -0.2) is 14.9 Å². The molecule has 0 aliphatic heterocycles. The van der Waals surface area contributed by atoms with Gasteiger partial charge in [0.1, 0.15) is 0 Å². The number of benzene rings is 1. The molecule has 2 N–H and O–H groups in total. The Kier molecular flexibility index (Phi) is 4.35. The molecular weight excluding hydrogens is 274 g/mol. The summed E-state index contributed by atoms with van der Waals surface area (Å²) in [5.74, 6) is 0. The van der Waals surface area contributed by atoms with Gasteiger partial charge in [0, 0.05) is 18.3 Å². The summed E-state index contributed by atoms with van der Waals surface area (Å²) in [5.41, 5.74) is 2.72. The second-order valence-corrected chi connectivity index (χ2v) is 6.20. The lowest BCUT2D eigenvalue weighted by Gasteiger charge is -2.18. The number of aromatic nitrogens is 2. The smallest absolute Gasteiger partial charge is 0.0682 e. The molecule has 0 fully saturated rings. The Morgan fingerprint density at radius 1 is 1.30 bits per heavy atom. The second-order valence-electron chi connectivity index (χ2n) is 5.79. The van der Waals surface area contributed by atoms with E-state index in [1.165, 1.54) is 0 Å². The normalized spacial score (nSPS) is 11.7. The van der Waals surface area contributed by atoms with E-state index in [9.17, 15) is 0 Å². The number of hydrogen-bond donors (Lipinski definition) is 2. The third kappa shape index (κ3) is 3.52. The van der Waals surface area contributed by atoms with E-state index in [0.29, 0.717) is 11.6 Å². The van der Waals surface area contributed by atoms with E-state index in [2.05, 4.69) is 31.2 Å². The summed E-state index contributed by atoms with van der Waals surface area (Å²) in [6.07, 6.45) is 3.87. The van der Waals surface area contributed by atoms with Crippen molar-refractivity contribution in [1.82, 2.24) is 9.78 Å². The molecule has 2 rings (SSSR count). The van der Waals surface area contributed by atoms with Gasteiger partial charge >= 0.3 is 0 Å². The van der Waals surface area contributed by atoms with Crippen molar-refractivity contribution < 1.29 is 5.11 Å². The number of aliphatic hydroxyl groups is 1. The Labute approximate surface area is 124 Å². The van der Waals surface area contributed by atoms with Crippen molar-refractivity contribution in [2.45, 2.75) is 39.5 Å². The molecule has 0 saturated heterocycles. The molecule has 0 radical (unpaired) electrons. The van der Waals surface area contributed by atoms with Crippen molar-refractivity contribution in [2.24, 2.45) is 0 Å².